The Morgan fingerprint density at radius 3 is 2.65 bits per heavy atom. The van der Waals surface area contributed by atoms with Crippen molar-refractivity contribution in [2.45, 2.75) is 31.2 Å². The number of sulfonamides is 1. The van der Waals surface area contributed by atoms with E-state index < -0.39 is 10.0 Å². The van der Waals surface area contributed by atoms with Gasteiger partial charge in [-0.25, -0.2) is 13.1 Å². The number of aromatic nitrogens is 2. The average Bonchev–Trinajstić information content (AvgIpc) is 2.40. The van der Waals surface area contributed by atoms with E-state index in [0.717, 1.165) is 0 Å². The minimum absolute atomic E-state index is 0.00888. The summed E-state index contributed by atoms with van der Waals surface area (Å²) in [6.07, 6.45) is 5.44. The molecule has 1 heterocycles. The second-order valence-electron chi connectivity index (χ2n) is 3.85. The molecule has 6 nitrogen and oxygen atoms in total. The maximum Gasteiger partial charge on any atom is 0.246 e. The van der Waals surface area contributed by atoms with Crippen molar-refractivity contribution in [2.24, 2.45) is 7.05 Å². The molecule has 0 saturated heterocycles. The second kappa shape index (κ2) is 4.77. The van der Waals surface area contributed by atoms with Crippen LogP contribution in [0.5, 0.6) is 0 Å². The molecule has 0 saturated carbocycles. The maximum absolute atomic E-state index is 12.1. The molecule has 1 aromatic heterocycles. The molecule has 0 bridgehead atoms. The summed E-state index contributed by atoms with van der Waals surface area (Å²) in [5.41, 5.74) is 6.08. The van der Waals surface area contributed by atoms with Crippen molar-refractivity contribution in [3.8, 4) is 12.3 Å². The fourth-order valence-electron chi connectivity index (χ4n) is 1.49. The topological polar surface area (TPSA) is 90.0 Å². The van der Waals surface area contributed by atoms with Gasteiger partial charge in [-0.1, -0.05) is 0 Å². The van der Waals surface area contributed by atoms with Gasteiger partial charge in [0.1, 0.15) is 4.90 Å². The number of hydrogen-bond acceptors (Lipinski definition) is 4. The molecule has 1 aromatic rings. The summed E-state index contributed by atoms with van der Waals surface area (Å²) in [7, 11) is -2.04. The van der Waals surface area contributed by atoms with E-state index in [4.69, 9.17) is 12.2 Å². The molecule has 0 radical (unpaired) electrons. The molecule has 1 unspecified atom stereocenters. The fourth-order valence-corrected chi connectivity index (χ4v) is 3.06. The summed E-state index contributed by atoms with van der Waals surface area (Å²) in [4.78, 5) is 0.0175. The van der Waals surface area contributed by atoms with Crippen LogP contribution in [0, 0.1) is 19.3 Å². The fraction of sp³-hybridized carbons (Fsp3) is 0.500. The smallest absolute Gasteiger partial charge is 0.246 e. The first-order valence-corrected chi connectivity index (χ1v) is 6.52. The normalized spacial score (nSPS) is 13.3. The van der Waals surface area contributed by atoms with Gasteiger partial charge in [-0.05, 0) is 13.8 Å². The van der Waals surface area contributed by atoms with Crippen molar-refractivity contribution < 1.29 is 8.42 Å². The number of terminal acetylenes is 1. The highest BCUT2D eigenvalue weighted by molar-refractivity contribution is 7.89. The molecular formula is C10H16N4O2S. The van der Waals surface area contributed by atoms with Crippen LogP contribution in [0.2, 0.25) is 0 Å². The predicted molar refractivity (Wildman–Crippen MR) is 65.6 cm³/mol. The summed E-state index contributed by atoms with van der Waals surface area (Å²) < 4.78 is 28.0. The van der Waals surface area contributed by atoms with Gasteiger partial charge in [-0.3, -0.25) is 4.68 Å². The Balaban J connectivity index is 3.11. The number of nitrogens with zero attached hydrogens (tertiary/aromatic N) is 2. The van der Waals surface area contributed by atoms with Gasteiger partial charge in [0.2, 0.25) is 10.0 Å². The number of aryl methyl sites for hydroxylation is 1. The predicted octanol–water partition coefficient (Wildman–Crippen LogP) is 0.000820. The third-order valence-electron chi connectivity index (χ3n) is 2.35. The first-order chi connectivity index (χ1) is 7.79. The Labute approximate surface area is 101 Å². The zero-order valence-corrected chi connectivity index (χ0v) is 10.9. The van der Waals surface area contributed by atoms with E-state index in [0.29, 0.717) is 12.1 Å². The molecule has 1 rings (SSSR count). The molecule has 7 heteroatoms. The summed E-state index contributed by atoms with van der Waals surface area (Å²) in [6.45, 7) is 3.34. The number of hydrogen-bond donors (Lipinski definition) is 2. The number of rotatable bonds is 4. The van der Waals surface area contributed by atoms with Gasteiger partial charge >= 0.3 is 0 Å². The number of nitrogen functional groups attached to an aromatic ring is 1. The Bertz CT molecular complexity index is 554. The van der Waals surface area contributed by atoms with Gasteiger partial charge < -0.3 is 5.73 Å². The van der Waals surface area contributed by atoms with Crippen LogP contribution in [-0.2, 0) is 17.1 Å². The molecule has 94 valence electrons. The van der Waals surface area contributed by atoms with Crippen molar-refractivity contribution in [2.75, 3.05) is 5.73 Å². The highest BCUT2D eigenvalue weighted by Gasteiger charge is 2.25. The van der Waals surface area contributed by atoms with Crippen molar-refractivity contribution >= 4 is 15.8 Å². The van der Waals surface area contributed by atoms with Gasteiger partial charge in [0.05, 0.1) is 5.69 Å². The SMILES string of the molecule is C#CCC(C)NS(=O)(=O)c1c(N)nn(C)c1C. The number of nitrogens with two attached hydrogens (primary N) is 1. The number of anilines is 1. The van der Waals surface area contributed by atoms with Crippen LogP contribution in [-0.4, -0.2) is 24.2 Å². The summed E-state index contributed by atoms with van der Waals surface area (Å²) in [5, 5.41) is 3.87. The van der Waals surface area contributed by atoms with Crippen molar-refractivity contribution in [3.63, 3.8) is 0 Å². The van der Waals surface area contributed by atoms with Crippen LogP contribution in [0.4, 0.5) is 5.82 Å². The second-order valence-corrected chi connectivity index (χ2v) is 5.50. The van der Waals surface area contributed by atoms with E-state index in [9.17, 15) is 8.42 Å². The monoisotopic (exact) mass is 256 g/mol. The van der Waals surface area contributed by atoms with E-state index in [-0.39, 0.29) is 16.8 Å². The van der Waals surface area contributed by atoms with Crippen LogP contribution in [0.1, 0.15) is 19.0 Å². The molecule has 3 N–H and O–H groups in total. The van der Waals surface area contributed by atoms with Gasteiger partial charge in [0, 0.05) is 19.5 Å². The van der Waals surface area contributed by atoms with E-state index in [1.54, 1.807) is 20.9 Å². The van der Waals surface area contributed by atoms with E-state index >= 15 is 0 Å². The Hall–Kier alpha value is -1.52. The van der Waals surface area contributed by atoms with Crippen LogP contribution >= 0.6 is 0 Å². The highest BCUT2D eigenvalue weighted by atomic mass is 32.2. The van der Waals surface area contributed by atoms with E-state index in [2.05, 4.69) is 15.7 Å². The lowest BCUT2D eigenvalue weighted by Crippen LogP contribution is -2.33. The molecule has 0 amide bonds. The third kappa shape index (κ3) is 2.78. The third-order valence-corrected chi connectivity index (χ3v) is 4.11. The average molecular weight is 256 g/mol. The van der Waals surface area contributed by atoms with Crippen LogP contribution < -0.4 is 10.5 Å². The van der Waals surface area contributed by atoms with Crippen LogP contribution in [0.15, 0.2) is 4.90 Å². The lowest BCUT2D eigenvalue weighted by Gasteiger charge is -2.11. The summed E-state index contributed by atoms with van der Waals surface area (Å²) >= 11 is 0. The maximum atomic E-state index is 12.1. The largest absolute Gasteiger partial charge is 0.381 e. The first kappa shape index (κ1) is 13.5. The van der Waals surface area contributed by atoms with Gasteiger partial charge in [-0.2, -0.15) is 5.10 Å². The van der Waals surface area contributed by atoms with Crippen molar-refractivity contribution in [1.29, 1.82) is 0 Å². The number of nitrogens with one attached hydrogen (secondary N) is 1. The molecule has 0 aliphatic heterocycles. The molecule has 0 spiro atoms. The molecule has 0 fully saturated rings. The molecule has 17 heavy (non-hydrogen) atoms. The Kier molecular flexibility index (Phi) is 3.80. The molecule has 0 aromatic carbocycles. The lowest BCUT2D eigenvalue weighted by molar-refractivity contribution is 0.563. The summed E-state index contributed by atoms with van der Waals surface area (Å²) in [5.74, 6) is 2.39. The lowest BCUT2D eigenvalue weighted by atomic mass is 10.3. The standard InChI is InChI=1S/C10H16N4O2S/c1-5-6-7(2)13-17(15,16)9-8(3)14(4)12-10(9)11/h1,7,13H,6H2,2-4H3,(H2,11,12). The van der Waals surface area contributed by atoms with Crippen LogP contribution in [0.3, 0.4) is 0 Å². The Morgan fingerprint density at radius 1 is 1.65 bits per heavy atom. The quantitative estimate of drug-likeness (QED) is 0.742. The zero-order chi connectivity index (χ0) is 13.2. The molecule has 0 aliphatic rings. The van der Waals surface area contributed by atoms with Gasteiger partial charge in [-0.15, -0.1) is 12.3 Å². The minimum Gasteiger partial charge on any atom is -0.381 e. The Morgan fingerprint density at radius 2 is 2.24 bits per heavy atom. The zero-order valence-electron chi connectivity index (χ0n) is 10.1. The van der Waals surface area contributed by atoms with Gasteiger partial charge in [0.15, 0.2) is 5.82 Å². The van der Waals surface area contributed by atoms with Crippen molar-refractivity contribution in [3.05, 3.63) is 5.69 Å². The first-order valence-electron chi connectivity index (χ1n) is 5.04. The van der Waals surface area contributed by atoms with Gasteiger partial charge in [0.25, 0.3) is 0 Å². The summed E-state index contributed by atoms with van der Waals surface area (Å²) in [6, 6.07) is -0.344. The molecule has 0 aliphatic carbocycles. The van der Waals surface area contributed by atoms with E-state index in [1.807, 2.05) is 0 Å². The minimum atomic E-state index is -3.68. The molecular weight excluding hydrogens is 240 g/mol. The van der Waals surface area contributed by atoms with Crippen molar-refractivity contribution in [1.82, 2.24) is 14.5 Å². The van der Waals surface area contributed by atoms with E-state index in [1.165, 1.54) is 4.68 Å². The van der Waals surface area contributed by atoms with Crippen LogP contribution in [0.25, 0.3) is 0 Å². The highest BCUT2D eigenvalue weighted by Crippen LogP contribution is 2.21. The molecule has 1 atom stereocenters.